The number of hydrogen-bond acceptors (Lipinski definition) is 8. The van der Waals surface area contributed by atoms with Crippen molar-refractivity contribution in [3.8, 4) is 22.6 Å². The molecule has 44 heavy (non-hydrogen) atoms. The molecule has 1 aliphatic heterocycles. The molecule has 3 aromatic carbocycles. The Bertz CT molecular complexity index is 1520. The van der Waals surface area contributed by atoms with E-state index in [2.05, 4.69) is 6.58 Å². The van der Waals surface area contributed by atoms with E-state index in [1.807, 2.05) is 60.7 Å². The third kappa shape index (κ3) is 9.84. The van der Waals surface area contributed by atoms with Crippen molar-refractivity contribution in [3.63, 3.8) is 0 Å². The summed E-state index contributed by atoms with van der Waals surface area (Å²) in [4.78, 5) is 49.0. The summed E-state index contributed by atoms with van der Waals surface area (Å²) in [6.45, 7) is 6.54. The summed E-state index contributed by atoms with van der Waals surface area (Å²) in [5.74, 6) is 0.415. The molecule has 0 N–H and O–H groups in total. The second-order valence-corrected chi connectivity index (χ2v) is 10.9. The highest BCUT2D eigenvalue weighted by molar-refractivity contribution is 8.14. The lowest BCUT2D eigenvalue weighted by molar-refractivity contribution is -0.139. The second kappa shape index (κ2) is 16.1. The molecule has 0 fully saturated rings. The van der Waals surface area contributed by atoms with Gasteiger partial charge in [0.05, 0.1) is 19.8 Å². The number of thioether (sulfide) groups is 1. The number of rotatable bonds is 15. The van der Waals surface area contributed by atoms with Gasteiger partial charge < -0.3 is 14.2 Å². The van der Waals surface area contributed by atoms with Gasteiger partial charge in [-0.05, 0) is 84.3 Å². The molecule has 0 radical (unpaired) electrons. The van der Waals surface area contributed by atoms with Crippen LogP contribution in [0.2, 0.25) is 0 Å². The number of amides is 2. The van der Waals surface area contributed by atoms with Crippen molar-refractivity contribution in [2.75, 3.05) is 26.4 Å². The third-order valence-corrected chi connectivity index (χ3v) is 7.23. The van der Waals surface area contributed by atoms with Crippen LogP contribution in [-0.2, 0) is 23.9 Å². The number of benzene rings is 3. The van der Waals surface area contributed by atoms with Crippen LogP contribution in [0, 0.1) is 0 Å². The Balaban J connectivity index is 1.17. The molecule has 2 amide bonds. The third-order valence-electron chi connectivity index (χ3n) is 6.39. The van der Waals surface area contributed by atoms with Crippen LogP contribution >= 0.6 is 11.8 Å². The molecule has 0 aliphatic carbocycles. The van der Waals surface area contributed by atoms with Crippen LogP contribution in [0.1, 0.15) is 25.3 Å². The first-order valence-electron chi connectivity index (χ1n) is 14.1. The van der Waals surface area contributed by atoms with Gasteiger partial charge in [0.25, 0.3) is 11.8 Å². The van der Waals surface area contributed by atoms with Crippen LogP contribution in [0.25, 0.3) is 17.2 Å². The summed E-state index contributed by atoms with van der Waals surface area (Å²) >= 11 is 1.13. The zero-order valence-corrected chi connectivity index (χ0v) is 25.2. The molecule has 9 heteroatoms. The highest BCUT2D eigenvalue weighted by Crippen LogP contribution is 2.25. The maximum absolute atomic E-state index is 12.5. The van der Waals surface area contributed by atoms with Gasteiger partial charge in [0.2, 0.25) is 5.12 Å². The molecular weight excluding hydrogens is 578 g/mol. The van der Waals surface area contributed by atoms with Gasteiger partial charge in [-0.25, -0.2) is 4.79 Å². The van der Waals surface area contributed by atoms with Gasteiger partial charge in [0, 0.05) is 35.6 Å². The standard InChI is InChI=1S/C35H33NO7S/c1-25(2)35(40)43-24-4-23-42-30-14-16-31(17-15-30)44-34(39)20-7-26-5-8-27(9-6-26)28-10-12-29(13-11-28)41-22-3-21-36-32(37)18-19-33(36)38/h5-20H,1,3-4,21-24H2,2H3/b20-7+. The van der Waals surface area contributed by atoms with Crippen molar-refractivity contribution in [2.24, 2.45) is 0 Å². The van der Waals surface area contributed by atoms with E-state index in [0.717, 1.165) is 33.3 Å². The van der Waals surface area contributed by atoms with Crippen LogP contribution in [0.15, 0.2) is 108 Å². The first-order chi connectivity index (χ1) is 21.3. The Morgan fingerprint density at radius 2 is 1.32 bits per heavy atom. The van der Waals surface area contributed by atoms with Crippen molar-refractivity contribution in [2.45, 2.75) is 24.7 Å². The lowest BCUT2D eigenvalue weighted by Crippen LogP contribution is -2.31. The summed E-state index contributed by atoms with van der Waals surface area (Å²) in [6.07, 6.45) is 7.01. The zero-order valence-electron chi connectivity index (χ0n) is 24.4. The summed E-state index contributed by atoms with van der Waals surface area (Å²) in [7, 11) is 0. The maximum atomic E-state index is 12.5. The Labute approximate surface area is 261 Å². The van der Waals surface area contributed by atoms with Gasteiger partial charge in [-0.3, -0.25) is 19.3 Å². The summed E-state index contributed by atoms with van der Waals surface area (Å²) in [6, 6.07) is 22.9. The number of nitrogens with zero attached hydrogens (tertiary/aromatic N) is 1. The monoisotopic (exact) mass is 611 g/mol. The minimum absolute atomic E-state index is 0.0899. The molecule has 0 saturated carbocycles. The molecule has 0 saturated heterocycles. The van der Waals surface area contributed by atoms with Gasteiger partial charge in [-0.15, -0.1) is 0 Å². The predicted molar refractivity (Wildman–Crippen MR) is 170 cm³/mol. The van der Waals surface area contributed by atoms with E-state index in [9.17, 15) is 19.2 Å². The van der Waals surface area contributed by atoms with E-state index < -0.39 is 5.97 Å². The molecule has 8 nitrogen and oxygen atoms in total. The SMILES string of the molecule is C=C(C)C(=O)OCCCOc1ccc(SC(=O)/C=C/c2ccc(-c3ccc(OCCCN4C(=O)C=CC4=O)cc3)cc2)cc1. The van der Waals surface area contributed by atoms with E-state index in [1.54, 1.807) is 31.2 Å². The molecule has 0 spiro atoms. The number of esters is 1. The number of imide groups is 1. The first kappa shape index (κ1) is 32.0. The van der Waals surface area contributed by atoms with E-state index in [4.69, 9.17) is 14.2 Å². The van der Waals surface area contributed by atoms with E-state index in [1.165, 1.54) is 17.1 Å². The summed E-state index contributed by atoms with van der Waals surface area (Å²) in [5, 5.41) is -0.0899. The predicted octanol–water partition coefficient (Wildman–Crippen LogP) is 6.27. The molecule has 1 aliphatic rings. The highest BCUT2D eigenvalue weighted by atomic mass is 32.2. The van der Waals surface area contributed by atoms with Crippen LogP contribution in [0.4, 0.5) is 0 Å². The average molecular weight is 612 g/mol. The Hall–Kier alpha value is -4.89. The molecule has 4 rings (SSSR count). The number of carbonyl (C=O) groups is 4. The molecule has 0 unspecified atom stereocenters. The van der Waals surface area contributed by atoms with Gasteiger partial charge in [-0.2, -0.15) is 0 Å². The molecule has 0 bridgehead atoms. The topological polar surface area (TPSA) is 99.2 Å². The lowest BCUT2D eigenvalue weighted by atomic mass is 10.0. The highest BCUT2D eigenvalue weighted by Gasteiger charge is 2.22. The van der Waals surface area contributed by atoms with Gasteiger partial charge >= 0.3 is 5.97 Å². The molecule has 3 aromatic rings. The fraction of sp³-hybridized carbons (Fsp3) is 0.200. The minimum Gasteiger partial charge on any atom is -0.494 e. The number of carbonyl (C=O) groups excluding carboxylic acids is 4. The Morgan fingerprint density at radius 1 is 0.773 bits per heavy atom. The zero-order chi connectivity index (χ0) is 31.3. The van der Waals surface area contributed by atoms with Crippen LogP contribution in [0.5, 0.6) is 11.5 Å². The second-order valence-electron chi connectivity index (χ2n) is 9.85. The van der Waals surface area contributed by atoms with Crippen molar-refractivity contribution in [3.05, 3.63) is 109 Å². The maximum Gasteiger partial charge on any atom is 0.333 e. The minimum atomic E-state index is -0.405. The fourth-order valence-corrected chi connectivity index (χ4v) is 4.69. The molecule has 1 heterocycles. The van der Waals surface area contributed by atoms with Crippen LogP contribution in [0.3, 0.4) is 0 Å². The Morgan fingerprint density at radius 3 is 1.91 bits per heavy atom. The molecule has 0 atom stereocenters. The van der Waals surface area contributed by atoms with Gasteiger partial charge in [0.1, 0.15) is 11.5 Å². The molecule has 226 valence electrons. The van der Waals surface area contributed by atoms with Crippen LogP contribution in [-0.4, -0.2) is 54.2 Å². The molecular formula is C35H33NO7S. The average Bonchev–Trinajstić information content (AvgIpc) is 3.35. The fourth-order valence-electron chi connectivity index (χ4n) is 4.05. The van der Waals surface area contributed by atoms with E-state index in [0.29, 0.717) is 49.7 Å². The van der Waals surface area contributed by atoms with Crippen molar-refractivity contribution in [1.82, 2.24) is 4.90 Å². The van der Waals surface area contributed by atoms with Gasteiger partial charge in [0.15, 0.2) is 0 Å². The van der Waals surface area contributed by atoms with Crippen LogP contribution < -0.4 is 9.47 Å². The Kier molecular flexibility index (Phi) is 11.7. The lowest BCUT2D eigenvalue weighted by Gasteiger charge is -2.13. The smallest absolute Gasteiger partial charge is 0.333 e. The number of hydrogen-bond donors (Lipinski definition) is 0. The van der Waals surface area contributed by atoms with Crippen molar-refractivity contribution in [1.29, 1.82) is 0 Å². The summed E-state index contributed by atoms with van der Waals surface area (Å²) in [5.41, 5.74) is 3.33. The largest absolute Gasteiger partial charge is 0.494 e. The normalized spacial score (nSPS) is 12.5. The molecule has 0 aromatic heterocycles. The van der Waals surface area contributed by atoms with E-state index >= 15 is 0 Å². The van der Waals surface area contributed by atoms with Gasteiger partial charge in [-0.1, -0.05) is 49.1 Å². The van der Waals surface area contributed by atoms with Crippen molar-refractivity contribution >= 4 is 40.7 Å². The van der Waals surface area contributed by atoms with Crippen molar-refractivity contribution < 1.29 is 33.4 Å². The summed E-state index contributed by atoms with van der Waals surface area (Å²) < 4.78 is 16.4. The number of ether oxygens (including phenoxy) is 3. The first-order valence-corrected chi connectivity index (χ1v) is 14.9. The quantitative estimate of drug-likeness (QED) is 0.0652. The van der Waals surface area contributed by atoms with E-state index in [-0.39, 0.29) is 23.5 Å².